The second-order valence-corrected chi connectivity index (χ2v) is 9.38. The van der Waals surface area contributed by atoms with Crippen LogP contribution in [0.2, 0.25) is 0 Å². The van der Waals surface area contributed by atoms with Crippen molar-refractivity contribution in [3.05, 3.63) is 78.1 Å². The number of benzene rings is 3. The largest absolute Gasteiger partial charge is 0.323 e. The minimum atomic E-state index is -3.74. The summed E-state index contributed by atoms with van der Waals surface area (Å²) >= 11 is 1.18. The number of thiazole rings is 1. The number of rotatable bonds is 5. The maximum atomic E-state index is 13.6. The highest BCUT2D eigenvalue weighted by molar-refractivity contribution is 7.93. The SMILES string of the molecule is Cc1ccc(NC(=O)Nc2ccc3sc(NS(=O)(=O)c4ccccc4)nc3c2)cc1F. The monoisotopic (exact) mass is 456 g/mol. The van der Waals surface area contributed by atoms with Crippen LogP contribution < -0.4 is 15.4 Å². The van der Waals surface area contributed by atoms with E-state index in [1.807, 2.05) is 0 Å². The van der Waals surface area contributed by atoms with Crippen LogP contribution >= 0.6 is 11.3 Å². The van der Waals surface area contributed by atoms with Gasteiger partial charge in [-0.3, -0.25) is 4.72 Å². The topological polar surface area (TPSA) is 100 Å². The third-order valence-electron chi connectivity index (χ3n) is 4.35. The number of halogens is 1. The van der Waals surface area contributed by atoms with Crippen LogP contribution in [-0.4, -0.2) is 19.4 Å². The third-order valence-corrected chi connectivity index (χ3v) is 6.79. The van der Waals surface area contributed by atoms with Crippen molar-refractivity contribution in [1.29, 1.82) is 0 Å². The van der Waals surface area contributed by atoms with E-state index in [4.69, 9.17) is 0 Å². The van der Waals surface area contributed by atoms with E-state index in [0.29, 0.717) is 22.5 Å². The average molecular weight is 457 g/mol. The van der Waals surface area contributed by atoms with Gasteiger partial charge < -0.3 is 10.6 Å². The number of carbonyl (C=O) groups excluding carboxylic acids is 1. The second kappa shape index (κ2) is 8.32. The van der Waals surface area contributed by atoms with E-state index in [1.54, 1.807) is 55.5 Å². The molecule has 0 atom stereocenters. The van der Waals surface area contributed by atoms with Crippen molar-refractivity contribution >= 4 is 54.1 Å². The molecule has 0 spiro atoms. The van der Waals surface area contributed by atoms with Crippen molar-refractivity contribution in [2.45, 2.75) is 11.8 Å². The van der Waals surface area contributed by atoms with Gasteiger partial charge in [0.25, 0.3) is 10.0 Å². The fourth-order valence-corrected chi connectivity index (χ4v) is 4.89. The highest BCUT2D eigenvalue weighted by Gasteiger charge is 2.16. The molecule has 31 heavy (non-hydrogen) atoms. The van der Waals surface area contributed by atoms with Crippen LogP contribution in [0.15, 0.2) is 71.6 Å². The number of urea groups is 1. The Hall–Kier alpha value is -3.50. The molecule has 0 unspecified atom stereocenters. The summed E-state index contributed by atoms with van der Waals surface area (Å²) in [6.45, 7) is 1.64. The zero-order valence-corrected chi connectivity index (χ0v) is 17.9. The molecular formula is C21H17FN4O3S2. The standard InChI is InChI=1S/C21H17FN4O3S2/c1-13-7-8-14(11-17(13)22)23-20(27)24-15-9-10-19-18(12-15)25-21(30-19)26-31(28,29)16-5-3-2-4-6-16/h2-12H,1H3,(H,25,26)(H2,23,24,27). The van der Waals surface area contributed by atoms with E-state index in [1.165, 1.54) is 29.5 Å². The molecular weight excluding hydrogens is 439 g/mol. The zero-order chi connectivity index (χ0) is 22.0. The third kappa shape index (κ3) is 4.81. The summed E-state index contributed by atoms with van der Waals surface area (Å²) in [7, 11) is -3.74. The lowest BCUT2D eigenvalue weighted by Crippen LogP contribution is -2.19. The number of amides is 2. The van der Waals surface area contributed by atoms with Gasteiger partial charge in [0, 0.05) is 11.4 Å². The molecule has 0 radical (unpaired) electrons. The summed E-state index contributed by atoms with van der Waals surface area (Å²) in [5.74, 6) is -0.410. The number of fused-ring (bicyclic) bond motifs is 1. The predicted molar refractivity (Wildman–Crippen MR) is 121 cm³/mol. The van der Waals surface area contributed by atoms with Crippen molar-refractivity contribution in [1.82, 2.24) is 4.98 Å². The molecule has 4 rings (SSSR count). The number of nitrogens with one attached hydrogen (secondary N) is 3. The van der Waals surface area contributed by atoms with Gasteiger partial charge in [0.15, 0.2) is 5.13 Å². The normalized spacial score (nSPS) is 11.3. The Morgan fingerprint density at radius 3 is 2.35 bits per heavy atom. The fourth-order valence-electron chi connectivity index (χ4n) is 2.79. The van der Waals surface area contributed by atoms with Crippen molar-refractivity contribution in [3.8, 4) is 0 Å². The molecule has 0 aliphatic heterocycles. The van der Waals surface area contributed by atoms with Crippen molar-refractivity contribution in [2.75, 3.05) is 15.4 Å². The fraction of sp³-hybridized carbons (Fsp3) is 0.0476. The van der Waals surface area contributed by atoms with Gasteiger partial charge in [-0.2, -0.15) is 0 Å². The second-order valence-electron chi connectivity index (χ2n) is 6.66. The number of hydrogen-bond acceptors (Lipinski definition) is 5. The highest BCUT2D eigenvalue weighted by Crippen LogP contribution is 2.29. The molecule has 10 heteroatoms. The Kier molecular flexibility index (Phi) is 5.57. The molecule has 0 fully saturated rings. The smallest absolute Gasteiger partial charge is 0.308 e. The van der Waals surface area contributed by atoms with Crippen LogP contribution in [0.1, 0.15) is 5.56 Å². The molecule has 0 saturated carbocycles. The van der Waals surface area contributed by atoms with Gasteiger partial charge in [-0.1, -0.05) is 35.6 Å². The van der Waals surface area contributed by atoms with Gasteiger partial charge in [-0.25, -0.2) is 22.6 Å². The molecule has 1 heterocycles. The van der Waals surface area contributed by atoms with E-state index < -0.39 is 21.9 Å². The molecule has 2 amide bonds. The van der Waals surface area contributed by atoms with Gasteiger partial charge in [0.1, 0.15) is 5.82 Å². The Bertz CT molecular complexity index is 1370. The average Bonchev–Trinajstić information content (AvgIpc) is 3.12. The Morgan fingerprint density at radius 1 is 0.968 bits per heavy atom. The first-order valence-corrected chi connectivity index (χ1v) is 11.4. The Labute approximate surface area is 182 Å². The Balaban J connectivity index is 1.48. The van der Waals surface area contributed by atoms with Gasteiger partial charge in [-0.15, -0.1) is 0 Å². The van der Waals surface area contributed by atoms with Crippen LogP contribution in [0.5, 0.6) is 0 Å². The number of aryl methyl sites for hydroxylation is 1. The summed E-state index contributed by atoms with van der Waals surface area (Å²) in [6.07, 6.45) is 0. The molecule has 1 aromatic heterocycles. The summed E-state index contributed by atoms with van der Waals surface area (Å²) in [4.78, 5) is 16.7. The quantitative estimate of drug-likeness (QED) is 0.385. The van der Waals surface area contributed by atoms with Gasteiger partial charge in [0.2, 0.25) is 0 Å². The molecule has 158 valence electrons. The zero-order valence-electron chi connectivity index (χ0n) is 16.2. The molecule has 0 bridgehead atoms. The lowest BCUT2D eigenvalue weighted by atomic mass is 10.2. The summed E-state index contributed by atoms with van der Waals surface area (Å²) in [5.41, 5.74) is 1.79. The van der Waals surface area contributed by atoms with E-state index in [2.05, 4.69) is 20.3 Å². The summed E-state index contributed by atoms with van der Waals surface area (Å²) in [6, 6.07) is 16.9. The highest BCUT2D eigenvalue weighted by atomic mass is 32.2. The Morgan fingerprint density at radius 2 is 1.65 bits per heavy atom. The number of anilines is 3. The van der Waals surface area contributed by atoms with Crippen LogP contribution in [-0.2, 0) is 10.0 Å². The number of hydrogen-bond donors (Lipinski definition) is 3. The number of carbonyl (C=O) groups is 1. The van der Waals surface area contributed by atoms with Crippen molar-refractivity contribution < 1.29 is 17.6 Å². The van der Waals surface area contributed by atoms with Crippen molar-refractivity contribution in [2.24, 2.45) is 0 Å². The maximum Gasteiger partial charge on any atom is 0.323 e. The van der Waals surface area contributed by atoms with Crippen molar-refractivity contribution in [3.63, 3.8) is 0 Å². The molecule has 0 saturated heterocycles. The molecule has 7 nitrogen and oxygen atoms in total. The van der Waals surface area contributed by atoms with Crippen LogP contribution in [0, 0.1) is 12.7 Å². The van der Waals surface area contributed by atoms with Crippen LogP contribution in [0.25, 0.3) is 10.2 Å². The molecule has 4 aromatic rings. The lowest BCUT2D eigenvalue weighted by Gasteiger charge is -2.08. The van der Waals surface area contributed by atoms with Gasteiger partial charge in [0.05, 0.1) is 15.1 Å². The first-order chi connectivity index (χ1) is 14.8. The van der Waals surface area contributed by atoms with E-state index >= 15 is 0 Å². The molecule has 3 N–H and O–H groups in total. The predicted octanol–water partition coefficient (Wildman–Crippen LogP) is 5.19. The van der Waals surface area contributed by atoms with Crippen LogP contribution in [0.4, 0.5) is 25.7 Å². The lowest BCUT2D eigenvalue weighted by molar-refractivity contribution is 0.262. The number of aromatic nitrogens is 1. The van der Waals surface area contributed by atoms with Gasteiger partial charge in [-0.05, 0) is 55.0 Å². The van der Waals surface area contributed by atoms with Crippen LogP contribution in [0.3, 0.4) is 0 Å². The minimum absolute atomic E-state index is 0.140. The van der Waals surface area contributed by atoms with E-state index in [0.717, 1.165) is 4.70 Å². The van der Waals surface area contributed by atoms with E-state index in [-0.39, 0.29) is 10.0 Å². The number of sulfonamides is 1. The minimum Gasteiger partial charge on any atom is -0.308 e. The molecule has 3 aromatic carbocycles. The molecule has 0 aliphatic carbocycles. The van der Waals surface area contributed by atoms with E-state index in [9.17, 15) is 17.6 Å². The molecule has 0 aliphatic rings. The maximum absolute atomic E-state index is 13.6. The summed E-state index contributed by atoms with van der Waals surface area (Å²) in [5, 5.41) is 5.43. The number of nitrogens with zero attached hydrogens (tertiary/aromatic N) is 1. The first kappa shape index (κ1) is 20.8. The van der Waals surface area contributed by atoms with Gasteiger partial charge >= 0.3 is 6.03 Å². The summed E-state index contributed by atoms with van der Waals surface area (Å²) < 4.78 is 41.8. The first-order valence-electron chi connectivity index (χ1n) is 9.13.